The van der Waals surface area contributed by atoms with E-state index in [0.29, 0.717) is 25.7 Å². The topological polar surface area (TPSA) is 61.5 Å². The molecule has 0 aliphatic carbocycles. The van der Waals surface area contributed by atoms with Crippen molar-refractivity contribution in [3.05, 3.63) is 0 Å². The van der Waals surface area contributed by atoms with Crippen molar-refractivity contribution in [3.8, 4) is 0 Å². The summed E-state index contributed by atoms with van der Waals surface area (Å²) in [7, 11) is 0. The Kier molecular flexibility index (Phi) is 6.09. The van der Waals surface area contributed by atoms with Crippen LogP contribution in [0.25, 0.3) is 0 Å². The third-order valence-corrected chi connectivity index (χ3v) is 3.98. The number of carbonyl (C=O) groups is 1. The second kappa shape index (κ2) is 7.10. The van der Waals surface area contributed by atoms with E-state index in [1.807, 2.05) is 6.92 Å². The molecule has 1 aliphatic rings. The minimum atomic E-state index is -0.664. The Bertz CT molecular complexity index is 270. The van der Waals surface area contributed by atoms with E-state index in [9.17, 15) is 4.79 Å². The molecule has 2 N–H and O–H groups in total. The van der Waals surface area contributed by atoms with Crippen molar-refractivity contribution in [3.63, 3.8) is 0 Å². The molecular formula is C14H27NO3. The van der Waals surface area contributed by atoms with E-state index in [-0.39, 0.29) is 12.0 Å². The summed E-state index contributed by atoms with van der Waals surface area (Å²) in [6.45, 7) is 7.48. The maximum absolute atomic E-state index is 12.1. The molecule has 1 fully saturated rings. The number of esters is 1. The number of carbonyl (C=O) groups excluding carboxylic acids is 1. The van der Waals surface area contributed by atoms with Gasteiger partial charge in [-0.1, -0.05) is 33.1 Å². The Balaban J connectivity index is 2.39. The fraction of sp³-hybridized carbons (Fsp3) is 0.929. The van der Waals surface area contributed by atoms with Gasteiger partial charge in [0.1, 0.15) is 5.41 Å². The van der Waals surface area contributed by atoms with Crippen LogP contribution in [0, 0.1) is 11.3 Å². The Morgan fingerprint density at radius 2 is 2.28 bits per heavy atom. The van der Waals surface area contributed by atoms with E-state index in [4.69, 9.17) is 15.2 Å². The van der Waals surface area contributed by atoms with E-state index in [1.54, 1.807) is 0 Å². The van der Waals surface area contributed by atoms with Crippen LogP contribution in [0.5, 0.6) is 0 Å². The Morgan fingerprint density at radius 1 is 1.56 bits per heavy atom. The molecule has 1 saturated heterocycles. The van der Waals surface area contributed by atoms with Crippen LogP contribution in [0.3, 0.4) is 0 Å². The molecule has 106 valence electrons. The predicted molar refractivity (Wildman–Crippen MR) is 71.2 cm³/mol. The SMILES string of the molecule is CCCCC(CC)COC(=O)C1(C)COCC1N. The summed E-state index contributed by atoms with van der Waals surface area (Å²) in [5, 5.41) is 0. The Hall–Kier alpha value is -0.610. The molecule has 1 rings (SSSR count). The van der Waals surface area contributed by atoms with Gasteiger partial charge in [-0.15, -0.1) is 0 Å². The highest BCUT2D eigenvalue weighted by Crippen LogP contribution is 2.29. The number of nitrogens with two attached hydrogens (primary N) is 1. The average Bonchev–Trinajstić information content (AvgIpc) is 2.71. The average molecular weight is 257 g/mol. The molecular weight excluding hydrogens is 230 g/mol. The van der Waals surface area contributed by atoms with Crippen LogP contribution in [-0.4, -0.2) is 31.8 Å². The lowest BCUT2D eigenvalue weighted by atomic mass is 9.86. The zero-order valence-electron chi connectivity index (χ0n) is 11.9. The third-order valence-electron chi connectivity index (χ3n) is 3.98. The molecule has 1 heterocycles. The van der Waals surface area contributed by atoms with Crippen molar-refractivity contribution in [1.82, 2.24) is 0 Å². The lowest BCUT2D eigenvalue weighted by molar-refractivity contribution is -0.157. The fourth-order valence-electron chi connectivity index (χ4n) is 2.16. The molecule has 4 heteroatoms. The van der Waals surface area contributed by atoms with Crippen LogP contribution < -0.4 is 5.73 Å². The quantitative estimate of drug-likeness (QED) is 0.710. The van der Waals surface area contributed by atoms with Crippen LogP contribution in [-0.2, 0) is 14.3 Å². The van der Waals surface area contributed by atoms with Gasteiger partial charge in [-0.05, 0) is 19.3 Å². The van der Waals surface area contributed by atoms with Gasteiger partial charge < -0.3 is 15.2 Å². The highest BCUT2D eigenvalue weighted by atomic mass is 16.5. The van der Waals surface area contributed by atoms with Crippen molar-refractivity contribution in [2.45, 2.75) is 52.5 Å². The molecule has 3 unspecified atom stereocenters. The van der Waals surface area contributed by atoms with Crippen LogP contribution >= 0.6 is 0 Å². The van der Waals surface area contributed by atoms with Gasteiger partial charge >= 0.3 is 5.97 Å². The molecule has 0 radical (unpaired) electrons. The first-order chi connectivity index (χ1) is 8.54. The third kappa shape index (κ3) is 3.69. The van der Waals surface area contributed by atoms with E-state index in [0.717, 1.165) is 12.8 Å². The first kappa shape index (κ1) is 15.4. The van der Waals surface area contributed by atoms with E-state index >= 15 is 0 Å². The number of hydrogen-bond donors (Lipinski definition) is 1. The van der Waals surface area contributed by atoms with Crippen LogP contribution in [0.15, 0.2) is 0 Å². The number of ether oxygens (including phenoxy) is 2. The lowest BCUT2D eigenvalue weighted by Crippen LogP contribution is -2.45. The summed E-state index contributed by atoms with van der Waals surface area (Å²) >= 11 is 0. The molecule has 18 heavy (non-hydrogen) atoms. The number of unbranched alkanes of at least 4 members (excludes halogenated alkanes) is 1. The second-order valence-electron chi connectivity index (χ2n) is 5.55. The minimum Gasteiger partial charge on any atom is -0.465 e. The van der Waals surface area contributed by atoms with Gasteiger partial charge in [0.2, 0.25) is 0 Å². The zero-order valence-corrected chi connectivity index (χ0v) is 11.9. The van der Waals surface area contributed by atoms with Gasteiger partial charge in [-0.25, -0.2) is 0 Å². The lowest BCUT2D eigenvalue weighted by Gasteiger charge is -2.25. The van der Waals surface area contributed by atoms with E-state index < -0.39 is 5.41 Å². The standard InChI is InChI=1S/C14H27NO3/c1-4-6-7-11(5-2)8-18-13(16)14(3)10-17-9-12(14)15/h11-12H,4-10,15H2,1-3H3. The first-order valence-electron chi connectivity index (χ1n) is 7.05. The molecule has 0 bridgehead atoms. The predicted octanol–water partition coefficient (Wildman–Crippen LogP) is 2.11. The van der Waals surface area contributed by atoms with Gasteiger partial charge in [0.05, 0.1) is 19.8 Å². The Labute approximate surface area is 110 Å². The summed E-state index contributed by atoms with van der Waals surface area (Å²) in [6, 6.07) is -0.249. The zero-order chi connectivity index (χ0) is 13.6. The first-order valence-corrected chi connectivity index (χ1v) is 7.05. The minimum absolute atomic E-state index is 0.206. The van der Waals surface area contributed by atoms with Gasteiger partial charge in [0.25, 0.3) is 0 Å². The largest absolute Gasteiger partial charge is 0.465 e. The monoisotopic (exact) mass is 257 g/mol. The highest BCUT2D eigenvalue weighted by molar-refractivity contribution is 5.78. The molecule has 0 aromatic heterocycles. The second-order valence-corrected chi connectivity index (χ2v) is 5.55. The van der Waals surface area contributed by atoms with Crippen LogP contribution in [0.2, 0.25) is 0 Å². The molecule has 0 spiro atoms. The van der Waals surface area contributed by atoms with Crippen molar-refractivity contribution in [1.29, 1.82) is 0 Å². The number of hydrogen-bond acceptors (Lipinski definition) is 4. The van der Waals surface area contributed by atoms with E-state index in [2.05, 4.69) is 13.8 Å². The van der Waals surface area contributed by atoms with Crippen molar-refractivity contribution in [2.75, 3.05) is 19.8 Å². The summed E-state index contributed by atoms with van der Waals surface area (Å²) in [5.74, 6) is 0.262. The molecule has 0 saturated carbocycles. The molecule has 4 nitrogen and oxygen atoms in total. The maximum Gasteiger partial charge on any atom is 0.315 e. The fourth-order valence-corrected chi connectivity index (χ4v) is 2.16. The normalized spacial score (nSPS) is 29.2. The van der Waals surface area contributed by atoms with Gasteiger partial charge in [0.15, 0.2) is 0 Å². The van der Waals surface area contributed by atoms with Crippen molar-refractivity contribution < 1.29 is 14.3 Å². The molecule has 3 atom stereocenters. The Morgan fingerprint density at radius 3 is 2.78 bits per heavy atom. The molecule has 0 aromatic rings. The van der Waals surface area contributed by atoms with Crippen molar-refractivity contribution in [2.24, 2.45) is 17.1 Å². The summed E-state index contributed by atoms with van der Waals surface area (Å²) < 4.78 is 10.7. The summed E-state index contributed by atoms with van der Waals surface area (Å²) in [6.07, 6.45) is 4.54. The number of rotatable bonds is 7. The molecule has 0 aromatic carbocycles. The summed E-state index contributed by atoms with van der Waals surface area (Å²) in [4.78, 5) is 12.1. The molecule has 1 aliphatic heterocycles. The molecule has 0 amide bonds. The summed E-state index contributed by atoms with van der Waals surface area (Å²) in [5.41, 5.74) is 5.24. The smallest absolute Gasteiger partial charge is 0.315 e. The van der Waals surface area contributed by atoms with Gasteiger partial charge in [-0.2, -0.15) is 0 Å². The maximum atomic E-state index is 12.1. The van der Waals surface area contributed by atoms with E-state index in [1.165, 1.54) is 12.8 Å². The van der Waals surface area contributed by atoms with Crippen LogP contribution in [0.4, 0.5) is 0 Å². The van der Waals surface area contributed by atoms with Crippen molar-refractivity contribution >= 4 is 5.97 Å². The van der Waals surface area contributed by atoms with Gasteiger partial charge in [-0.3, -0.25) is 4.79 Å². The highest BCUT2D eigenvalue weighted by Gasteiger charge is 2.45. The van der Waals surface area contributed by atoms with Crippen LogP contribution in [0.1, 0.15) is 46.5 Å². The van der Waals surface area contributed by atoms with Gasteiger partial charge in [0, 0.05) is 6.04 Å².